The third kappa shape index (κ3) is 5.80. The van der Waals surface area contributed by atoms with Crippen LogP contribution in [0, 0.1) is 5.82 Å². The molecule has 0 heterocycles. The highest BCUT2D eigenvalue weighted by Gasteiger charge is 2.23. The van der Waals surface area contributed by atoms with E-state index in [0.717, 1.165) is 16.5 Å². The molecule has 0 radical (unpaired) electrons. The topological polar surface area (TPSA) is 0 Å². The van der Waals surface area contributed by atoms with E-state index in [1.807, 2.05) is 12.1 Å². The van der Waals surface area contributed by atoms with Gasteiger partial charge in [-0.1, -0.05) is 178 Å². The first-order valence-corrected chi connectivity index (χ1v) is 20.5. The molecular formula is C58H41F. The molecule has 0 spiro atoms. The predicted molar refractivity (Wildman–Crippen MR) is 252 cm³/mol. The fraction of sp³-hybridized carbons (Fsp3) is 0.0690. The molecular weight excluding hydrogens is 716 g/mol. The summed E-state index contributed by atoms with van der Waals surface area (Å²) in [6.45, 7) is 6.80. The Bertz CT molecular complexity index is 3460. The average Bonchev–Trinajstić information content (AvgIpc) is 3.27. The molecule has 280 valence electrons. The lowest BCUT2D eigenvalue weighted by Gasteiger charge is -2.22. The van der Waals surface area contributed by atoms with Crippen LogP contribution in [0.15, 0.2) is 194 Å². The van der Waals surface area contributed by atoms with Crippen molar-refractivity contribution >= 4 is 64.6 Å². The lowest BCUT2D eigenvalue weighted by molar-refractivity contribution is 0.590. The summed E-state index contributed by atoms with van der Waals surface area (Å²) in [6, 6.07) is 69.9. The summed E-state index contributed by atoms with van der Waals surface area (Å²) in [7, 11) is 0. The Labute approximate surface area is 343 Å². The minimum atomic E-state index is -0.238. The van der Waals surface area contributed by atoms with Crippen LogP contribution in [0.3, 0.4) is 0 Å². The third-order valence-corrected chi connectivity index (χ3v) is 12.5. The van der Waals surface area contributed by atoms with Crippen LogP contribution in [0.1, 0.15) is 26.3 Å². The van der Waals surface area contributed by atoms with E-state index in [4.69, 9.17) is 0 Å². The summed E-state index contributed by atoms with van der Waals surface area (Å²) in [5.41, 5.74) is 10.6. The molecule has 0 bridgehead atoms. The van der Waals surface area contributed by atoms with Crippen molar-refractivity contribution in [3.05, 3.63) is 206 Å². The molecule has 0 saturated carbocycles. The third-order valence-electron chi connectivity index (χ3n) is 12.5. The summed E-state index contributed by atoms with van der Waals surface area (Å²) in [4.78, 5) is 0. The Hall–Kier alpha value is -7.09. The first kappa shape index (κ1) is 35.1. The van der Waals surface area contributed by atoms with Gasteiger partial charge in [0, 0.05) is 0 Å². The lowest BCUT2D eigenvalue weighted by atomic mass is 9.81. The normalized spacial score (nSPS) is 12.1. The minimum absolute atomic E-state index is 0.0649. The maximum atomic E-state index is 14.3. The van der Waals surface area contributed by atoms with Crippen molar-refractivity contribution in [1.82, 2.24) is 0 Å². The van der Waals surface area contributed by atoms with Gasteiger partial charge in [-0.15, -0.1) is 0 Å². The van der Waals surface area contributed by atoms with E-state index in [0.29, 0.717) is 0 Å². The van der Waals surface area contributed by atoms with Gasteiger partial charge in [0.1, 0.15) is 5.82 Å². The lowest BCUT2D eigenvalue weighted by Crippen LogP contribution is -2.10. The van der Waals surface area contributed by atoms with Gasteiger partial charge in [0.2, 0.25) is 0 Å². The van der Waals surface area contributed by atoms with Crippen molar-refractivity contribution in [2.45, 2.75) is 26.2 Å². The van der Waals surface area contributed by atoms with Crippen LogP contribution in [0.4, 0.5) is 4.39 Å². The second kappa shape index (κ2) is 13.5. The van der Waals surface area contributed by atoms with E-state index in [1.54, 1.807) is 12.1 Å². The van der Waals surface area contributed by atoms with Gasteiger partial charge in [-0.2, -0.15) is 0 Å². The zero-order valence-electron chi connectivity index (χ0n) is 33.4. The van der Waals surface area contributed by atoms with Crippen LogP contribution < -0.4 is 0 Å². The van der Waals surface area contributed by atoms with Crippen molar-refractivity contribution in [1.29, 1.82) is 0 Å². The van der Waals surface area contributed by atoms with Crippen molar-refractivity contribution in [2.24, 2.45) is 0 Å². The first-order chi connectivity index (χ1) is 28.8. The van der Waals surface area contributed by atoms with E-state index in [2.05, 4.69) is 191 Å². The largest absolute Gasteiger partial charge is 0.207 e. The van der Waals surface area contributed by atoms with Crippen LogP contribution in [-0.2, 0) is 5.41 Å². The van der Waals surface area contributed by atoms with Crippen molar-refractivity contribution in [3.63, 3.8) is 0 Å². The Morgan fingerprint density at radius 3 is 1.12 bits per heavy atom. The van der Waals surface area contributed by atoms with Crippen LogP contribution in [-0.4, -0.2) is 0 Å². The van der Waals surface area contributed by atoms with E-state index in [1.165, 1.54) is 98.2 Å². The average molecular weight is 757 g/mol. The van der Waals surface area contributed by atoms with E-state index < -0.39 is 0 Å². The first-order valence-electron chi connectivity index (χ1n) is 20.5. The van der Waals surface area contributed by atoms with Gasteiger partial charge in [-0.25, -0.2) is 4.39 Å². The van der Waals surface area contributed by atoms with Gasteiger partial charge in [-0.05, 0) is 157 Å². The minimum Gasteiger partial charge on any atom is -0.207 e. The Balaban J connectivity index is 1.33. The number of hydrogen-bond donors (Lipinski definition) is 0. The molecule has 0 nitrogen and oxygen atoms in total. The Morgan fingerprint density at radius 1 is 0.305 bits per heavy atom. The molecule has 11 rings (SSSR count). The van der Waals surface area contributed by atoms with E-state index >= 15 is 0 Å². The highest BCUT2D eigenvalue weighted by Crippen LogP contribution is 2.50. The number of benzene rings is 11. The van der Waals surface area contributed by atoms with Gasteiger partial charge in [0.05, 0.1) is 0 Å². The summed E-state index contributed by atoms with van der Waals surface area (Å²) < 4.78 is 14.3. The van der Waals surface area contributed by atoms with Crippen molar-refractivity contribution in [2.75, 3.05) is 0 Å². The smallest absolute Gasteiger partial charge is 0.123 e. The van der Waals surface area contributed by atoms with Gasteiger partial charge < -0.3 is 0 Å². The fourth-order valence-corrected chi connectivity index (χ4v) is 9.50. The van der Waals surface area contributed by atoms with Gasteiger partial charge in [0.15, 0.2) is 0 Å². The summed E-state index contributed by atoms with van der Waals surface area (Å²) >= 11 is 0. The second-order valence-electron chi connectivity index (χ2n) is 17.0. The molecule has 0 aliphatic heterocycles. The molecule has 1 heteroatoms. The summed E-state index contributed by atoms with van der Waals surface area (Å²) in [5.74, 6) is -0.238. The maximum absolute atomic E-state index is 14.3. The van der Waals surface area contributed by atoms with Gasteiger partial charge in [-0.3, -0.25) is 0 Å². The molecule has 0 N–H and O–H groups in total. The van der Waals surface area contributed by atoms with Crippen molar-refractivity contribution < 1.29 is 4.39 Å². The molecule has 11 aromatic carbocycles. The number of hydrogen-bond acceptors (Lipinski definition) is 0. The van der Waals surface area contributed by atoms with E-state index in [9.17, 15) is 4.39 Å². The number of rotatable bonds is 4. The zero-order valence-corrected chi connectivity index (χ0v) is 33.4. The predicted octanol–water partition coefficient (Wildman–Crippen LogP) is 16.7. The highest BCUT2D eigenvalue weighted by molar-refractivity contribution is 6.29. The molecule has 0 unspecified atom stereocenters. The van der Waals surface area contributed by atoms with Crippen LogP contribution in [0.2, 0.25) is 0 Å². The number of fused-ring (bicyclic) bond motifs is 8. The molecule has 0 amide bonds. The van der Waals surface area contributed by atoms with Crippen LogP contribution in [0.25, 0.3) is 109 Å². The quantitative estimate of drug-likeness (QED) is 0.124. The zero-order chi connectivity index (χ0) is 39.8. The van der Waals surface area contributed by atoms with E-state index in [-0.39, 0.29) is 11.2 Å². The Morgan fingerprint density at radius 2 is 0.678 bits per heavy atom. The second-order valence-corrected chi connectivity index (χ2v) is 17.0. The highest BCUT2D eigenvalue weighted by atomic mass is 19.1. The molecule has 0 aliphatic rings. The Kier molecular flexibility index (Phi) is 8.03. The summed E-state index contributed by atoms with van der Waals surface area (Å²) in [5, 5.41) is 14.6. The fourth-order valence-electron chi connectivity index (χ4n) is 9.50. The van der Waals surface area contributed by atoms with Gasteiger partial charge in [0.25, 0.3) is 0 Å². The molecule has 59 heavy (non-hydrogen) atoms. The molecule has 0 aromatic heterocycles. The molecule has 11 aromatic rings. The SMILES string of the molecule is CC(C)(C)c1ccc(-c2ccc3c(-c4cc5ccccc5c5ccccc45)c4cc(-c5ccc(F)cc5)ccc4c(-c4cc5ccccc5c5ccccc45)c3c2)cc1. The van der Waals surface area contributed by atoms with Gasteiger partial charge >= 0.3 is 0 Å². The van der Waals surface area contributed by atoms with Crippen LogP contribution in [0.5, 0.6) is 0 Å². The maximum Gasteiger partial charge on any atom is 0.123 e. The molecule has 0 saturated heterocycles. The standard InChI is InChI=1S/C58H41F/c1-58(2,3)42-26-20-36(21-27-42)38-24-30-50-54(32-38)56(52-34-40-12-4-6-14-44(40)46-16-8-10-18-48(46)52)51-31-25-39(37-22-28-43(59)29-23-37)33-55(51)57(50)53-35-41-13-5-7-15-45(41)47-17-9-11-19-49(47)53/h4-35H,1-3H3. The van der Waals surface area contributed by atoms with Crippen LogP contribution >= 0.6 is 0 Å². The molecule has 0 fully saturated rings. The summed E-state index contributed by atoms with van der Waals surface area (Å²) in [6.07, 6.45) is 0. The van der Waals surface area contributed by atoms with Crippen molar-refractivity contribution in [3.8, 4) is 44.5 Å². The molecule has 0 aliphatic carbocycles. The molecule has 0 atom stereocenters. The monoisotopic (exact) mass is 756 g/mol. The number of halogens is 1.